The molecule has 0 N–H and O–H groups in total. The Labute approximate surface area is 236 Å². The molecule has 9 heteroatoms. The zero-order chi connectivity index (χ0) is 27.3. The highest BCUT2D eigenvalue weighted by Crippen LogP contribution is 2.25. The molecule has 0 spiro atoms. The first-order chi connectivity index (χ1) is 19.2. The van der Waals surface area contributed by atoms with Gasteiger partial charge in [0.1, 0.15) is 0 Å². The number of hydrogen-bond donors (Lipinski definition) is 0. The van der Waals surface area contributed by atoms with E-state index in [0.717, 1.165) is 19.6 Å². The topological polar surface area (TPSA) is 85.5 Å². The van der Waals surface area contributed by atoms with E-state index in [9.17, 15) is 0 Å². The van der Waals surface area contributed by atoms with E-state index in [4.69, 9.17) is 15.0 Å². The molecule has 3 aliphatic carbocycles. The quantitative estimate of drug-likeness (QED) is 0.215. The van der Waals surface area contributed by atoms with Crippen LogP contribution in [0.5, 0.6) is 0 Å². The van der Waals surface area contributed by atoms with E-state index in [1.54, 1.807) is 0 Å². The molecular formula is C30H51N9. The molecule has 0 saturated heterocycles. The van der Waals surface area contributed by atoms with E-state index in [1.165, 1.54) is 96.3 Å². The molecule has 1 aromatic rings. The second-order valence-electron chi connectivity index (χ2n) is 11.3. The third-order valence-electron chi connectivity index (χ3n) is 8.79. The number of hydrogen-bond acceptors (Lipinski definition) is 6. The van der Waals surface area contributed by atoms with Crippen LogP contribution in [0.1, 0.15) is 117 Å². The molecule has 0 bridgehead atoms. The lowest BCUT2D eigenvalue weighted by Gasteiger charge is -2.32. The van der Waals surface area contributed by atoms with Gasteiger partial charge >= 0.3 is 0 Å². The lowest BCUT2D eigenvalue weighted by atomic mass is 9.94. The Hall–Kier alpha value is -2.58. The highest BCUT2D eigenvalue weighted by atomic mass is 15.3. The maximum atomic E-state index is 4.71. The molecule has 0 amide bonds. The predicted octanol–water partition coefficient (Wildman–Crippen LogP) is 6.81. The number of rotatable bonds is 12. The molecule has 3 saturated carbocycles. The number of aliphatic imine (C=N–C) groups is 3. The largest absolute Gasteiger partial charge is 0.360 e. The van der Waals surface area contributed by atoms with E-state index >= 15 is 0 Å². The summed E-state index contributed by atoms with van der Waals surface area (Å²) >= 11 is 0. The molecule has 216 valence electrons. The molecule has 3 aliphatic rings. The van der Waals surface area contributed by atoms with Crippen molar-refractivity contribution in [1.29, 1.82) is 0 Å². The molecule has 9 nitrogen and oxygen atoms in total. The van der Waals surface area contributed by atoms with Crippen LogP contribution in [0.2, 0.25) is 0 Å². The van der Waals surface area contributed by atoms with Crippen LogP contribution in [0.3, 0.4) is 0 Å². The van der Waals surface area contributed by atoms with Gasteiger partial charge in [-0.1, -0.05) is 57.8 Å². The molecule has 1 aromatic heterocycles. The Kier molecular flexibility index (Phi) is 12.0. The fraction of sp³-hybridized carbons (Fsp3) is 0.800. The highest BCUT2D eigenvalue weighted by molar-refractivity contribution is 5.63. The maximum absolute atomic E-state index is 4.71. The highest BCUT2D eigenvalue weighted by Gasteiger charge is 2.20. The summed E-state index contributed by atoms with van der Waals surface area (Å²) in [6, 6.07) is 1.64. The summed E-state index contributed by atoms with van der Waals surface area (Å²) in [4.78, 5) is 35.0. The van der Waals surface area contributed by atoms with Crippen LogP contribution in [0.15, 0.2) is 15.0 Å². The lowest BCUT2D eigenvalue weighted by molar-refractivity contribution is 0.258. The van der Waals surface area contributed by atoms with Gasteiger partial charge in [0, 0.05) is 37.8 Å². The van der Waals surface area contributed by atoms with Gasteiger partial charge in [0.25, 0.3) is 17.8 Å². The van der Waals surface area contributed by atoms with Crippen LogP contribution in [-0.2, 0) is 0 Å². The van der Waals surface area contributed by atoms with Gasteiger partial charge in [0.05, 0.1) is 19.0 Å². The smallest absolute Gasteiger partial charge is 0.257 e. The van der Waals surface area contributed by atoms with Gasteiger partial charge in [0.2, 0.25) is 0 Å². The van der Waals surface area contributed by atoms with Crippen LogP contribution in [-0.4, -0.2) is 86.4 Å². The van der Waals surface area contributed by atoms with Gasteiger partial charge in [-0.3, -0.25) is 0 Å². The maximum Gasteiger partial charge on any atom is 0.257 e. The molecule has 0 unspecified atom stereocenters. The molecule has 4 rings (SSSR count). The standard InChI is InChI=1S/C30H51N9/c1-4-37(25-16-10-7-11-17-25)22-31-28-34-29(32-23-38(5-2)26-18-12-8-13-19-26)36-30(35-28)33-24-39(6-3)27-20-14-9-15-21-27/h22-27H,4-21H2,1-3H3. The van der Waals surface area contributed by atoms with E-state index < -0.39 is 0 Å². The van der Waals surface area contributed by atoms with Crippen molar-refractivity contribution in [3.63, 3.8) is 0 Å². The summed E-state index contributed by atoms with van der Waals surface area (Å²) in [5, 5.41) is 0. The molecule has 0 aromatic carbocycles. The number of aromatic nitrogens is 3. The van der Waals surface area contributed by atoms with Crippen molar-refractivity contribution in [3.8, 4) is 0 Å². The van der Waals surface area contributed by atoms with Gasteiger partial charge in [0.15, 0.2) is 0 Å². The van der Waals surface area contributed by atoms with Crippen LogP contribution in [0.25, 0.3) is 0 Å². The van der Waals surface area contributed by atoms with Gasteiger partial charge in [-0.05, 0) is 59.3 Å². The second-order valence-corrected chi connectivity index (χ2v) is 11.3. The third-order valence-corrected chi connectivity index (χ3v) is 8.79. The zero-order valence-corrected chi connectivity index (χ0v) is 24.7. The predicted molar refractivity (Wildman–Crippen MR) is 162 cm³/mol. The zero-order valence-electron chi connectivity index (χ0n) is 24.7. The summed E-state index contributed by atoms with van der Waals surface area (Å²) in [6.45, 7) is 9.34. The Morgan fingerprint density at radius 1 is 0.487 bits per heavy atom. The van der Waals surface area contributed by atoms with Gasteiger partial charge < -0.3 is 14.7 Å². The van der Waals surface area contributed by atoms with Crippen LogP contribution in [0.4, 0.5) is 17.8 Å². The van der Waals surface area contributed by atoms with Gasteiger partial charge in [-0.2, -0.15) is 15.0 Å². The summed E-state index contributed by atoms with van der Waals surface area (Å²) in [5.74, 6) is 1.12. The van der Waals surface area contributed by atoms with Crippen LogP contribution < -0.4 is 0 Å². The van der Waals surface area contributed by atoms with Crippen LogP contribution >= 0.6 is 0 Å². The molecule has 3 fully saturated rings. The molecule has 0 atom stereocenters. The van der Waals surface area contributed by atoms with Crippen molar-refractivity contribution in [1.82, 2.24) is 29.7 Å². The van der Waals surface area contributed by atoms with Crippen molar-refractivity contribution in [2.45, 2.75) is 135 Å². The SMILES string of the molecule is CCN(C=Nc1nc(N=CN(CC)C2CCCCC2)nc(N=CN(CC)C2CCCCC2)n1)C1CCCCC1. The Balaban J connectivity index is 1.55. The van der Waals surface area contributed by atoms with E-state index in [0.29, 0.717) is 36.0 Å². The number of nitrogens with zero attached hydrogens (tertiary/aromatic N) is 9. The first kappa shape index (κ1) is 29.4. The van der Waals surface area contributed by atoms with Crippen molar-refractivity contribution in [3.05, 3.63) is 0 Å². The molecule has 0 radical (unpaired) electrons. The summed E-state index contributed by atoms with van der Waals surface area (Å²) in [6.07, 6.45) is 24.9. The average molecular weight is 538 g/mol. The van der Waals surface area contributed by atoms with E-state index in [1.807, 2.05) is 19.0 Å². The molecular weight excluding hydrogens is 486 g/mol. The van der Waals surface area contributed by atoms with Crippen molar-refractivity contribution < 1.29 is 0 Å². The molecule has 0 aliphatic heterocycles. The van der Waals surface area contributed by atoms with E-state index in [2.05, 4.69) is 50.4 Å². The third kappa shape index (κ3) is 8.97. The molecule has 39 heavy (non-hydrogen) atoms. The van der Waals surface area contributed by atoms with Crippen molar-refractivity contribution in [2.75, 3.05) is 19.6 Å². The first-order valence-electron chi connectivity index (χ1n) is 15.9. The minimum absolute atomic E-state index is 0.375. The first-order valence-corrected chi connectivity index (χ1v) is 15.9. The minimum atomic E-state index is 0.375. The van der Waals surface area contributed by atoms with Crippen molar-refractivity contribution in [2.24, 2.45) is 15.0 Å². The van der Waals surface area contributed by atoms with Gasteiger partial charge in [-0.15, -0.1) is 0 Å². The summed E-state index contributed by atoms with van der Waals surface area (Å²) in [5.41, 5.74) is 0. The fourth-order valence-corrected chi connectivity index (χ4v) is 6.43. The Morgan fingerprint density at radius 3 is 0.974 bits per heavy atom. The lowest BCUT2D eigenvalue weighted by Crippen LogP contribution is -2.35. The van der Waals surface area contributed by atoms with E-state index in [-0.39, 0.29) is 0 Å². The average Bonchev–Trinajstić information content (AvgIpc) is 3.00. The van der Waals surface area contributed by atoms with Crippen molar-refractivity contribution >= 4 is 36.9 Å². The Bertz CT molecular complexity index is 797. The Morgan fingerprint density at radius 2 is 0.744 bits per heavy atom. The van der Waals surface area contributed by atoms with Gasteiger partial charge in [-0.25, -0.2) is 15.0 Å². The minimum Gasteiger partial charge on any atom is -0.360 e. The monoisotopic (exact) mass is 537 g/mol. The molecule has 1 heterocycles. The summed E-state index contributed by atoms with van der Waals surface area (Å²) < 4.78 is 0. The van der Waals surface area contributed by atoms with Crippen LogP contribution in [0, 0.1) is 0 Å². The second kappa shape index (κ2) is 15.9. The normalized spacial score (nSPS) is 20.4. The summed E-state index contributed by atoms with van der Waals surface area (Å²) in [7, 11) is 0. The fourth-order valence-electron chi connectivity index (χ4n) is 6.43.